The van der Waals surface area contributed by atoms with E-state index in [1.807, 2.05) is 6.92 Å². The monoisotopic (exact) mass is 247 g/mol. The van der Waals surface area contributed by atoms with Gasteiger partial charge in [-0.2, -0.15) is 0 Å². The van der Waals surface area contributed by atoms with Crippen molar-refractivity contribution >= 4 is 5.69 Å². The Balaban J connectivity index is 2.11. The lowest BCUT2D eigenvalue weighted by Gasteiger charge is -2.30. The molecule has 0 saturated heterocycles. The smallest absolute Gasteiger partial charge is 0.0787 e. The van der Waals surface area contributed by atoms with Crippen LogP contribution in [0.1, 0.15) is 57.6 Å². The third kappa shape index (κ3) is 2.86. The molecule has 0 heterocycles. The minimum Gasteiger partial charge on any atom is -0.388 e. The summed E-state index contributed by atoms with van der Waals surface area (Å²) >= 11 is 0. The Bertz CT molecular complexity index is 354. The number of nitrogens with zero attached hydrogens (tertiary/aromatic N) is 1. The molecule has 0 aliphatic heterocycles. The van der Waals surface area contributed by atoms with Gasteiger partial charge >= 0.3 is 0 Å². The van der Waals surface area contributed by atoms with Gasteiger partial charge in [0.15, 0.2) is 0 Å². The Hall–Kier alpha value is -1.02. The molecule has 0 unspecified atom stereocenters. The van der Waals surface area contributed by atoms with Gasteiger partial charge in [-0.25, -0.2) is 0 Å². The molecule has 18 heavy (non-hydrogen) atoms. The van der Waals surface area contributed by atoms with E-state index in [0.29, 0.717) is 0 Å². The highest BCUT2D eigenvalue weighted by Crippen LogP contribution is 2.29. The van der Waals surface area contributed by atoms with Crippen LogP contribution in [0.5, 0.6) is 0 Å². The van der Waals surface area contributed by atoms with Crippen molar-refractivity contribution in [1.82, 2.24) is 0 Å². The van der Waals surface area contributed by atoms with E-state index in [1.54, 1.807) is 0 Å². The molecule has 0 aromatic heterocycles. The molecule has 0 amide bonds. The second-order valence-corrected chi connectivity index (χ2v) is 5.24. The van der Waals surface area contributed by atoms with E-state index in [2.05, 4.69) is 36.1 Å². The third-order valence-corrected chi connectivity index (χ3v) is 4.10. The van der Waals surface area contributed by atoms with Gasteiger partial charge in [-0.15, -0.1) is 0 Å². The topological polar surface area (TPSA) is 23.5 Å². The molecule has 0 spiro atoms. The fourth-order valence-corrected chi connectivity index (χ4v) is 2.99. The lowest BCUT2D eigenvalue weighted by atomic mass is 10.1. The summed E-state index contributed by atoms with van der Waals surface area (Å²) in [6.07, 6.45) is 5.85. The summed E-state index contributed by atoms with van der Waals surface area (Å²) in [5.74, 6) is 0. The summed E-state index contributed by atoms with van der Waals surface area (Å²) in [6, 6.07) is 9.19. The number of benzene rings is 1. The van der Waals surface area contributed by atoms with Crippen molar-refractivity contribution in [2.24, 2.45) is 0 Å². The van der Waals surface area contributed by atoms with Gasteiger partial charge in [0.1, 0.15) is 0 Å². The van der Waals surface area contributed by atoms with Crippen LogP contribution in [0.25, 0.3) is 0 Å². The summed E-state index contributed by atoms with van der Waals surface area (Å²) < 4.78 is 0. The standard InChI is InChI=1S/C16H25NO/c1-3-16(18)13-9-11-15(12-10-13)17(4-2)14-7-5-6-8-14/h9-12,14,16,18H,3-8H2,1-2H3/t16-/m0/s1. The Morgan fingerprint density at radius 1 is 1.17 bits per heavy atom. The van der Waals surface area contributed by atoms with Gasteiger partial charge in [0.05, 0.1) is 6.10 Å². The van der Waals surface area contributed by atoms with Crippen LogP contribution >= 0.6 is 0 Å². The van der Waals surface area contributed by atoms with Gasteiger partial charge in [0.25, 0.3) is 0 Å². The van der Waals surface area contributed by atoms with Crippen LogP contribution < -0.4 is 4.90 Å². The minimum absolute atomic E-state index is 0.319. The average Bonchev–Trinajstić information content (AvgIpc) is 2.93. The Morgan fingerprint density at radius 2 is 1.78 bits per heavy atom. The maximum absolute atomic E-state index is 9.81. The van der Waals surface area contributed by atoms with Crippen LogP contribution in [0.2, 0.25) is 0 Å². The van der Waals surface area contributed by atoms with Gasteiger partial charge in [0, 0.05) is 18.3 Å². The van der Waals surface area contributed by atoms with Crippen LogP contribution in [0.4, 0.5) is 5.69 Å². The number of hydrogen-bond acceptors (Lipinski definition) is 2. The van der Waals surface area contributed by atoms with Crippen LogP contribution in [0.15, 0.2) is 24.3 Å². The van der Waals surface area contributed by atoms with Crippen molar-refractivity contribution in [3.63, 3.8) is 0 Å². The van der Waals surface area contributed by atoms with E-state index >= 15 is 0 Å². The lowest BCUT2D eigenvalue weighted by Crippen LogP contribution is -2.32. The molecule has 0 bridgehead atoms. The SMILES string of the molecule is CC[C@H](O)c1ccc(N(CC)C2CCCC2)cc1. The number of hydrogen-bond donors (Lipinski definition) is 1. The molecule has 1 aliphatic carbocycles. The minimum atomic E-state index is -0.319. The second kappa shape index (κ2) is 6.24. The van der Waals surface area contributed by atoms with Gasteiger partial charge in [-0.3, -0.25) is 0 Å². The average molecular weight is 247 g/mol. The maximum atomic E-state index is 9.81. The van der Waals surface area contributed by atoms with Crippen molar-refractivity contribution in [1.29, 1.82) is 0 Å². The largest absolute Gasteiger partial charge is 0.388 e. The molecule has 2 rings (SSSR count). The molecular weight excluding hydrogens is 222 g/mol. The summed E-state index contributed by atoms with van der Waals surface area (Å²) in [6.45, 7) is 5.31. The van der Waals surface area contributed by atoms with E-state index in [9.17, 15) is 5.11 Å². The normalized spacial score (nSPS) is 17.9. The van der Waals surface area contributed by atoms with Crippen LogP contribution in [-0.2, 0) is 0 Å². The van der Waals surface area contributed by atoms with E-state index in [1.165, 1.54) is 31.4 Å². The molecule has 1 aromatic carbocycles. The molecule has 0 radical (unpaired) electrons. The number of anilines is 1. The number of aliphatic hydroxyl groups is 1. The summed E-state index contributed by atoms with van der Waals surface area (Å²) in [7, 11) is 0. The van der Waals surface area contributed by atoms with Gasteiger partial charge < -0.3 is 10.0 Å². The summed E-state index contributed by atoms with van der Waals surface area (Å²) in [4.78, 5) is 2.51. The zero-order chi connectivity index (χ0) is 13.0. The molecule has 1 saturated carbocycles. The Labute approximate surface area is 111 Å². The first-order valence-corrected chi connectivity index (χ1v) is 7.31. The van der Waals surface area contributed by atoms with E-state index in [4.69, 9.17) is 0 Å². The number of rotatable bonds is 5. The van der Waals surface area contributed by atoms with Gasteiger partial charge in [0.2, 0.25) is 0 Å². The van der Waals surface area contributed by atoms with E-state index in [0.717, 1.165) is 24.6 Å². The van der Waals surface area contributed by atoms with Crippen LogP contribution in [-0.4, -0.2) is 17.7 Å². The highest BCUT2D eigenvalue weighted by molar-refractivity contribution is 5.49. The molecule has 2 heteroatoms. The first-order valence-electron chi connectivity index (χ1n) is 7.31. The fraction of sp³-hybridized carbons (Fsp3) is 0.625. The fourth-order valence-electron chi connectivity index (χ4n) is 2.99. The van der Waals surface area contributed by atoms with Crippen molar-refractivity contribution in [2.45, 2.75) is 58.1 Å². The molecular formula is C16H25NO. The number of aliphatic hydroxyl groups excluding tert-OH is 1. The van der Waals surface area contributed by atoms with Crippen molar-refractivity contribution in [2.75, 3.05) is 11.4 Å². The molecule has 100 valence electrons. The summed E-state index contributed by atoms with van der Waals surface area (Å²) in [5.41, 5.74) is 2.33. The predicted molar refractivity (Wildman–Crippen MR) is 77.0 cm³/mol. The Morgan fingerprint density at radius 3 is 2.28 bits per heavy atom. The maximum Gasteiger partial charge on any atom is 0.0787 e. The van der Waals surface area contributed by atoms with Crippen molar-refractivity contribution in [3.8, 4) is 0 Å². The van der Waals surface area contributed by atoms with Gasteiger partial charge in [-0.1, -0.05) is 31.9 Å². The molecule has 2 nitrogen and oxygen atoms in total. The highest BCUT2D eigenvalue weighted by atomic mass is 16.3. The first-order chi connectivity index (χ1) is 8.76. The molecule has 1 atom stereocenters. The third-order valence-electron chi connectivity index (χ3n) is 4.10. The molecule has 1 aliphatic rings. The van der Waals surface area contributed by atoms with Crippen molar-refractivity contribution < 1.29 is 5.11 Å². The highest BCUT2D eigenvalue weighted by Gasteiger charge is 2.21. The first kappa shape index (κ1) is 13.4. The molecule has 1 N–H and O–H groups in total. The van der Waals surface area contributed by atoms with Crippen LogP contribution in [0.3, 0.4) is 0 Å². The van der Waals surface area contributed by atoms with Crippen molar-refractivity contribution in [3.05, 3.63) is 29.8 Å². The zero-order valence-corrected chi connectivity index (χ0v) is 11.6. The molecule has 1 aromatic rings. The van der Waals surface area contributed by atoms with E-state index in [-0.39, 0.29) is 6.10 Å². The van der Waals surface area contributed by atoms with Gasteiger partial charge in [-0.05, 0) is 43.9 Å². The lowest BCUT2D eigenvalue weighted by molar-refractivity contribution is 0.173. The second-order valence-electron chi connectivity index (χ2n) is 5.24. The Kier molecular flexibility index (Phi) is 4.65. The molecule has 1 fully saturated rings. The van der Waals surface area contributed by atoms with E-state index < -0.39 is 0 Å². The predicted octanol–water partition coefficient (Wildman–Crippen LogP) is 3.90. The zero-order valence-electron chi connectivity index (χ0n) is 11.6. The summed E-state index contributed by atoms with van der Waals surface area (Å²) in [5, 5.41) is 9.81. The van der Waals surface area contributed by atoms with Crippen LogP contribution in [0, 0.1) is 0 Å². The quantitative estimate of drug-likeness (QED) is 0.853.